The van der Waals surface area contributed by atoms with E-state index >= 15 is 0 Å². The Kier molecular flexibility index (Phi) is 5.67. The lowest BCUT2D eigenvalue weighted by molar-refractivity contribution is -0.122. The van der Waals surface area contributed by atoms with Gasteiger partial charge in [0.15, 0.2) is 6.10 Å². The first-order valence-corrected chi connectivity index (χ1v) is 8.09. The fraction of sp³-hybridized carbons (Fsp3) is 0.316. The molecule has 1 N–H and O–H groups in total. The number of carbonyl (C=O) groups is 1. The summed E-state index contributed by atoms with van der Waals surface area (Å²) in [6.07, 6.45) is -0.601. The summed E-state index contributed by atoms with van der Waals surface area (Å²) in [4.78, 5) is 12.4. The Morgan fingerprint density at radius 1 is 1.13 bits per heavy atom. The second-order valence-corrected chi connectivity index (χ2v) is 6.31. The van der Waals surface area contributed by atoms with Crippen molar-refractivity contribution < 1.29 is 9.53 Å². The summed E-state index contributed by atoms with van der Waals surface area (Å²) in [5.41, 5.74) is 2.85. The minimum atomic E-state index is -0.601. The molecule has 0 aliphatic rings. The van der Waals surface area contributed by atoms with Gasteiger partial charge in [-0.1, -0.05) is 43.6 Å². The molecular weight excluding hydrogens is 310 g/mol. The van der Waals surface area contributed by atoms with Crippen LogP contribution in [-0.4, -0.2) is 12.0 Å². The smallest absolute Gasteiger partial charge is 0.265 e. The van der Waals surface area contributed by atoms with Gasteiger partial charge in [0.2, 0.25) is 0 Å². The molecule has 0 radical (unpaired) electrons. The van der Waals surface area contributed by atoms with Crippen molar-refractivity contribution in [2.24, 2.45) is 0 Å². The lowest BCUT2D eigenvalue weighted by Crippen LogP contribution is -2.30. The number of anilines is 1. The Morgan fingerprint density at radius 3 is 2.48 bits per heavy atom. The normalized spacial score (nSPS) is 12.1. The quantitative estimate of drug-likeness (QED) is 0.820. The second-order valence-electron chi connectivity index (χ2n) is 5.90. The van der Waals surface area contributed by atoms with Crippen molar-refractivity contribution in [1.82, 2.24) is 0 Å². The molecule has 0 unspecified atom stereocenters. The highest BCUT2D eigenvalue weighted by Crippen LogP contribution is 2.25. The molecule has 1 atom stereocenters. The zero-order chi connectivity index (χ0) is 17.0. The number of amides is 1. The Labute approximate surface area is 142 Å². The SMILES string of the molecule is Cc1cc(O[C@H](C)C(=O)Nc2ccccc2C(C)C)ccc1Cl. The van der Waals surface area contributed by atoms with E-state index in [-0.39, 0.29) is 5.91 Å². The van der Waals surface area contributed by atoms with Crippen LogP contribution >= 0.6 is 11.6 Å². The van der Waals surface area contributed by atoms with Crippen LogP contribution in [-0.2, 0) is 4.79 Å². The van der Waals surface area contributed by atoms with Crippen molar-refractivity contribution in [1.29, 1.82) is 0 Å². The molecule has 0 aliphatic carbocycles. The summed E-state index contributed by atoms with van der Waals surface area (Å²) in [6.45, 7) is 7.83. The van der Waals surface area contributed by atoms with Crippen LogP contribution in [0.3, 0.4) is 0 Å². The summed E-state index contributed by atoms with van der Waals surface area (Å²) >= 11 is 6.00. The zero-order valence-corrected chi connectivity index (χ0v) is 14.6. The van der Waals surface area contributed by atoms with Gasteiger partial charge in [0.05, 0.1) is 0 Å². The molecule has 0 saturated heterocycles. The first-order chi connectivity index (χ1) is 10.9. The number of aryl methyl sites for hydroxylation is 1. The molecule has 2 rings (SSSR count). The predicted molar refractivity (Wildman–Crippen MR) is 95.4 cm³/mol. The topological polar surface area (TPSA) is 38.3 Å². The van der Waals surface area contributed by atoms with Crippen LogP contribution in [0, 0.1) is 6.92 Å². The van der Waals surface area contributed by atoms with E-state index in [1.165, 1.54) is 0 Å². The molecule has 0 spiro atoms. The number of halogens is 1. The minimum absolute atomic E-state index is 0.175. The van der Waals surface area contributed by atoms with Gasteiger partial charge in [-0.25, -0.2) is 0 Å². The van der Waals surface area contributed by atoms with Gasteiger partial charge in [-0.05, 0) is 55.2 Å². The fourth-order valence-electron chi connectivity index (χ4n) is 2.30. The number of carbonyl (C=O) groups excluding carboxylic acids is 1. The molecule has 0 aliphatic heterocycles. The summed E-state index contributed by atoms with van der Waals surface area (Å²) in [5.74, 6) is 0.791. The summed E-state index contributed by atoms with van der Waals surface area (Å²) < 4.78 is 5.71. The maximum absolute atomic E-state index is 12.4. The predicted octanol–water partition coefficient (Wildman–Crippen LogP) is 5.18. The molecular formula is C19H22ClNO2. The first kappa shape index (κ1) is 17.4. The van der Waals surface area contributed by atoms with E-state index in [4.69, 9.17) is 16.3 Å². The van der Waals surface area contributed by atoms with Gasteiger partial charge in [0.1, 0.15) is 5.75 Å². The standard InChI is InChI=1S/C19H22ClNO2/c1-12(2)16-7-5-6-8-18(16)21-19(22)14(4)23-15-9-10-17(20)13(3)11-15/h5-12,14H,1-4H3,(H,21,22)/t14-/m1/s1. The van der Waals surface area contributed by atoms with Crippen molar-refractivity contribution in [3.8, 4) is 5.75 Å². The Balaban J connectivity index is 2.07. The van der Waals surface area contributed by atoms with Crippen molar-refractivity contribution in [3.05, 3.63) is 58.6 Å². The molecule has 3 nitrogen and oxygen atoms in total. The third-order valence-electron chi connectivity index (χ3n) is 3.65. The summed E-state index contributed by atoms with van der Waals surface area (Å²) in [6, 6.07) is 13.2. The Morgan fingerprint density at radius 2 is 1.83 bits per heavy atom. The number of ether oxygens (including phenoxy) is 1. The molecule has 0 bridgehead atoms. The van der Waals surface area contributed by atoms with Gasteiger partial charge in [0.25, 0.3) is 5.91 Å². The van der Waals surface area contributed by atoms with Crippen LogP contribution in [0.4, 0.5) is 5.69 Å². The molecule has 2 aromatic rings. The van der Waals surface area contributed by atoms with Gasteiger partial charge in [-0.3, -0.25) is 4.79 Å². The van der Waals surface area contributed by atoms with Gasteiger partial charge in [-0.15, -0.1) is 0 Å². The van der Waals surface area contributed by atoms with Crippen LogP contribution in [0.25, 0.3) is 0 Å². The lowest BCUT2D eigenvalue weighted by atomic mass is 10.0. The number of rotatable bonds is 5. The van der Waals surface area contributed by atoms with Gasteiger partial charge in [0, 0.05) is 10.7 Å². The van der Waals surface area contributed by atoms with Gasteiger partial charge >= 0.3 is 0 Å². The summed E-state index contributed by atoms with van der Waals surface area (Å²) in [7, 11) is 0. The Hall–Kier alpha value is -2.00. The number of para-hydroxylation sites is 1. The van der Waals surface area contributed by atoms with Crippen molar-refractivity contribution >= 4 is 23.2 Å². The molecule has 122 valence electrons. The number of hydrogen-bond donors (Lipinski definition) is 1. The van der Waals surface area contributed by atoms with E-state index in [9.17, 15) is 4.79 Å². The van der Waals surface area contributed by atoms with E-state index in [2.05, 4.69) is 19.2 Å². The maximum Gasteiger partial charge on any atom is 0.265 e. The van der Waals surface area contributed by atoms with E-state index in [1.54, 1.807) is 19.1 Å². The maximum atomic E-state index is 12.4. The van der Waals surface area contributed by atoms with Crippen molar-refractivity contribution in [2.45, 2.75) is 39.7 Å². The van der Waals surface area contributed by atoms with Crippen LogP contribution in [0.2, 0.25) is 5.02 Å². The minimum Gasteiger partial charge on any atom is -0.481 e. The van der Waals surface area contributed by atoms with Crippen LogP contribution in [0.1, 0.15) is 37.8 Å². The third-order valence-corrected chi connectivity index (χ3v) is 4.08. The molecule has 4 heteroatoms. The molecule has 2 aromatic carbocycles. The van der Waals surface area contributed by atoms with Crippen molar-refractivity contribution in [2.75, 3.05) is 5.32 Å². The number of nitrogens with one attached hydrogen (secondary N) is 1. The second kappa shape index (κ2) is 7.51. The fourth-order valence-corrected chi connectivity index (χ4v) is 2.41. The monoisotopic (exact) mass is 331 g/mol. The zero-order valence-electron chi connectivity index (χ0n) is 13.9. The van der Waals surface area contributed by atoms with Crippen LogP contribution < -0.4 is 10.1 Å². The van der Waals surface area contributed by atoms with E-state index in [0.29, 0.717) is 16.7 Å². The highest BCUT2D eigenvalue weighted by atomic mass is 35.5. The lowest BCUT2D eigenvalue weighted by Gasteiger charge is -2.18. The Bertz CT molecular complexity index is 698. The van der Waals surface area contributed by atoms with Crippen LogP contribution in [0.5, 0.6) is 5.75 Å². The molecule has 0 saturated carbocycles. The average molecular weight is 332 g/mol. The number of benzene rings is 2. The molecule has 1 amide bonds. The molecule has 23 heavy (non-hydrogen) atoms. The first-order valence-electron chi connectivity index (χ1n) is 7.71. The van der Waals surface area contributed by atoms with Gasteiger partial charge in [-0.2, -0.15) is 0 Å². The molecule has 0 aromatic heterocycles. The largest absolute Gasteiger partial charge is 0.481 e. The highest BCUT2D eigenvalue weighted by molar-refractivity contribution is 6.31. The van der Waals surface area contributed by atoms with Gasteiger partial charge < -0.3 is 10.1 Å². The third kappa shape index (κ3) is 4.49. The summed E-state index contributed by atoms with van der Waals surface area (Å²) in [5, 5.41) is 3.63. The van der Waals surface area contributed by atoms with E-state index in [1.807, 2.05) is 37.3 Å². The molecule has 0 fully saturated rings. The van der Waals surface area contributed by atoms with Crippen LogP contribution in [0.15, 0.2) is 42.5 Å². The van der Waals surface area contributed by atoms with E-state index in [0.717, 1.165) is 16.8 Å². The molecule has 0 heterocycles. The van der Waals surface area contributed by atoms with E-state index < -0.39 is 6.10 Å². The highest BCUT2D eigenvalue weighted by Gasteiger charge is 2.17. The average Bonchev–Trinajstić information content (AvgIpc) is 2.51. The number of hydrogen-bond acceptors (Lipinski definition) is 2. The van der Waals surface area contributed by atoms with Crippen molar-refractivity contribution in [3.63, 3.8) is 0 Å².